The monoisotopic (exact) mass is 375 g/mol. The maximum Gasteiger partial charge on any atom is 0.254 e. The van der Waals surface area contributed by atoms with Crippen LogP contribution in [0.1, 0.15) is 28.7 Å². The van der Waals surface area contributed by atoms with E-state index in [0.29, 0.717) is 17.3 Å². The van der Waals surface area contributed by atoms with Crippen LogP contribution in [0.4, 0.5) is 0 Å². The van der Waals surface area contributed by atoms with E-state index in [0.717, 1.165) is 31.6 Å². The Hall–Kier alpha value is -3.06. The molecule has 1 atom stereocenters. The Morgan fingerprint density at radius 2 is 1.86 bits per heavy atom. The number of rotatable bonds is 3. The van der Waals surface area contributed by atoms with Crippen LogP contribution in [0.2, 0.25) is 0 Å². The lowest BCUT2D eigenvalue weighted by molar-refractivity contribution is 0.0114. The lowest BCUT2D eigenvalue weighted by Crippen LogP contribution is -2.59. The predicted octanol–water partition coefficient (Wildman–Crippen LogP) is 2.65. The van der Waals surface area contributed by atoms with Crippen molar-refractivity contribution < 1.29 is 9.32 Å². The van der Waals surface area contributed by atoms with Gasteiger partial charge in [0, 0.05) is 48.6 Å². The van der Waals surface area contributed by atoms with Gasteiger partial charge in [0.15, 0.2) is 0 Å². The summed E-state index contributed by atoms with van der Waals surface area (Å²) in [7, 11) is 2.08. The fraction of sp³-hybridized carbons (Fsp3) is 0.333. The Balaban J connectivity index is 1.28. The molecule has 0 N–H and O–H groups in total. The van der Waals surface area contributed by atoms with Crippen LogP contribution in [0.15, 0.2) is 59.4 Å². The topological polar surface area (TPSA) is 75.4 Å². The molecule has 2 fully saturated rings. The second kappa shape index (κ2) is 6.53. The van der Waals surface area contributed by atoms with E-state index in [2.05, 4.69) is 27.1 Å². The van der Waals surface area contributed by atoms with Gasteiger partial charge in [-0.15, -0.1) is 0 Å². The average molecular weight is 375 g/mol. The van der Waals surface area contributed by atoms with Crippen molar-refractivity contribution in [2.24, 2.45) is 5.41 Å². The van der Waals surface area contributed by atoms with Gasteiger partial charge in [-0.1, -0.05) is 35.5 Å². The number of nitrogens with zero attached hydrogens (tertiary/aromatic N) is 5. The normalized spacial score (nSPS) is 21.0. The maximum absolute atomic E-state index is 12.6. The van der Waals surface area contributed by atoms with E-state index in [9.17, 15) is 4.79 Å². The van der Waals surface area contributed by atoms with Crippen molar-refractivity contribution in [1.82, 2.24) is 24.9 Å². The van der Waals surface area contributed by atoms with Crippen LogP contribution in [0.3, 0.4) is 0 Å². The second-order valence-electron chi connectivity index (χ2n) is 7.85. The van der Waals surface area contributed by atoms with E-state index < -0.39 is 0 Å². The average Bonchev–Trinajstić information content (AvgIpc) is 3.32. The number of likely N-dealkylation sites (tertiary alicyclic amines) is 2. The van der Waals surface area contributed by atoms with Crippen LogP contribution < -0.4 is 0 Å². The summed E-state index contributed by atoms with van der Waals surface area (Å²) in [5, 5.41) is 4.16. The van der Waals surface area contributed by atoms with Crippen molar-refractivity contribution >= 4 is 5.91 Å². The predicted molar refractivity (Wildman–Crippen MR) is 102 cm³/mol. The first-order valence-electron chi connectivity index (χ1n) is 9.42. The molecular formula is C21H21N5O2. The molecule has 7 nitrogen and oxygen atoms in total. The molecule has 1 amide bonds. The quantitative estimate of drug-likeness (QED) is 0.701. The summed E-state index contributed by atoms with van der Waals surface area (Å²) >= 11 is 0. The molecule has 0 radical (unpaired) electrons. The van der Waals surface area contributed by atoms with Gasteiger partial charge >= 0.3 is 0 Å². The molecule has 4 heterocycles. The van der Waals surface area contributed by atoms with Crippen LogP contribution in [0.25, 0.3) is 11.4 Å². The molecule has 2 aliphatic rings. The number of carbonyl (C=O) groups excluding carboxylic acids is 1. The molecule has 2 aromatic heterocycles. The Labute approximate surface area is 163 Å². The number of aromatic nitrogens is 3. The molecule has 5 rings (SSSR count). The van der Waals surface area contributed by atoms with Crippen LogP contribution in [0, 0.1) is 5.41 Å². The van der Waals surface area contributed by atoms with E-state index in [1.165, 1.54) is 0 Å². The van der Waals surface area contributed by atoms with Crippen molar-refractivity contribution in [1.29, 1.82) is 0 Å². The first kappa shape index (κ1) is 17.1. The molecule has 28 heavy (non-hydrogen) atoms. The number of pyridine rings is 1. The van der Waals surface area contributed by atoms with Gasteiger partial charge in [-0.2, -0.15) is 4.98 Å². The first-order chi connectivity index (χ1) is 13.6. The van der Waals surface area contributed by atoms with Crippen molar-refractivity contribution in [3.8, 4) is 11.4 Å². The van der Waals surface area contributed by atoms with Gasteiger partial charge < -0.3 is 9.42 Å². The minimum Gasteiger partial charge on any atom is -0.337 e. The number of hydrogen-bond acceptors (Lipinski definition) is 6. The zero-order valence-electron chi connectivity index (χ0n) is 15.7. The molecule has 142 valence electrons. The molecule has 0 bridgehead atoms. The van der Waals surface area contributed by atoms with Crippen molar-refractivity contribution in [2.45, 2.75) is 12.5 Å². The Morgan fingerprint density at radius 1 is 1.11 bits per heavy atom. The van der Waals surface area contributed by atoms with E-state index >= 15 is 0 Å². The highest BCUT2D eigenvalue weighted by Gasteiger charge is 2.53. The molecule has 0 aliphatic carbocycles. The fourth-order valence-electron chi connectivity index (χ4n) is 4.43. The first-order valence-corrected chi connectivity index (χ1v) is 9.42. The lowest BCUT2D eigenvalue weighted by Gasteiger charge is -2.48. The number of amides is 1. The molecule has 0 saturated carbocycles. The zero-order valence-corrected chi connectivity index (χ0v) is 15.7. The van der Waals surface area contributed by atoms with Gasteiger partial charge in [0.1, 0.15) is 0 Å². The fourth-order valence-corrected chi connectivity index (χ4v) is 4.43. The number of hydrogen-bond donors (Lipinski definition) is 0. The van der Waals surface area contributed by atoms with E-state index in [1.807, 2.05) is 35.2 Å². The summed E-state index contributed by atoms with van der Waals surface area (Å²) in [4.78, 5) is 25.4. The standard InChI is InChI=1S/C21H21N5O2/c1-25-12-21(13-26(14-21)20(27)16-7-9-22-10-8-16)11-17(25)19-23-18(24-28-19)15-5-3-2-4-6-15/h2-10,17H,11-14H2,1H3. The number of carbonyl (C=O) groups is 1. The largest absolute Gasteiger partial charge is 0.337 e. The third-order valence-corrected chi connectivity index (χ3v) is 5.77. The molecule has 1 spiro atoms. The van der Waals surface area contributed by atoms with Gasteiger partial charge in [0.2, 0.25) is 11.7 Å². The van der Waals surface area contributed by atoms with Crippen LogP contribution in [-0.4, -0.2) is 57.5 Å². The summed E-state index contributed by atoms with van der Waals surface area (Å²) in [5.41, 5.74) is 1.74. The highest BCUT2D eigenvalue weighted by atomic mass is 16.5. The second-order valence-corrected chi connectivity index (χ2v) is 7.85. The highest BCUT2D eigenvalue weighted by Crippen LogP contribution is 2.47. The van der Waals surface area contributed by atoms with Crippen molar-refractivity contribution in [3.05, 3.63) is 66.3 Å². The molecular weight excluding hydrogens is 354 g/mol. The van der Waals surface area contributed by atoms with Crippen LogP contribution >= 0.6 is 0 Å². The molecule has 1 aromatic carbocycles. The summed E-state index contributed by atoms with van der Waals surface area (Å²) < 4.78 is 5.59. The molecule has 2 saturated heterocycles. The minimum atomic E-state index is 0.0725. The third kappa shape index (κ3) is 2.88. The van der Waals surface area contributed by atoms with Gasteiger partial charge in [0.05, 0.1) is 6.04 Å². The summed E-state index contributed by atoms with van der Waals surface area (Å²) in [6.45, 7) is 2.43. The maximum atomic E-state index is 12.6. The molecule has 2 aliphatic heterocycles. The van der Waals surface area contributed by atoms with Crippen molar-refractivity contribution in [2.75, 3.05) is 26.7 Å². The summed E-state index contributed by atoms with van der Waals surface area (Å²) in [5.74, 6) is 1.34. The minimum absolute atomic E-state index is 0.0725. The lowest BCUT2D eigenvalue weighted by atomic mass is 9.77. The van der Waals surface area contributed by atoms with Gasteiger partial charge in [0.25, 0.3) is 5.91 Å². The molecule has 7 heteroatoms. The Kier molecular flexibility index (Phi) is 3.98. The Morgan fingerprint density at radius 3 is 2.61 bits per heavy atom. The van der Waals surface area contributed by atoms with Gasteiger partial charge in [-0.25, -0.2) is 0 Å². The van der Waals surface area contributed by atoms with E-state index in [4.69, 9.17) is 4.52 Å². The highest BCUT2D eigenvalue weighted by molar-refractivity contribution is 5.94. The van der Waals surface area contributed by atoms with Crippen LogP contribution in [-0.2, 0) is 0 Å². The smallest absolute Gasteiger partial charge is 0.254 e. The zero-order chi connectivity index (χ0) is 19.1. The molecule has 3 aromatic rings. The van der Waals surface area contributed by atoms with Crippen LogP contribution in [0.5, 0.6) is 0 Å². The van der Waals surface area contributed by atoms with Gasteiger partial charge in [-0.3, -0.25) is 14.7 Å². The summed E-state index contributed by atoms with van der Waals surface area (Å²) in [6.07, 6.45) is 4.23. The van der Waals surface area contributed by atoms with E-state index in [-0.39, 0.29) is 17.4 Å². The number of benzene rings is 1. The van der Waals surface area contributed by atoms with E-state index in [1.54, 1.807) is 24.5 Å². The SMILES string of the molecule is CN1CC2(CC1c1nc(-c3ccccc3)no1)CN(C(=O)c1ccncc1)C2. The summed E-state index contributed by atoms with van der Waals surface area (Å²) in [6, 6.07) is 13.5. The third-order valence-electron chi connectivity index (χ3n) is 5.77. The van der Waals surface area contributed by atoms with Crippen molar-refractivity contribution in [3.63, 3.8) is 0 Å². The Bertz CT molecular complexity index is 982. The molecule has 1 unspecified atom stereocenters. The van der Waals surface area contributed by atoms with Gasteiger partial charge in [-0.05, 0) is 25.6 Å².